The van der Waals surface area contributed by atoms with Crippen molar-refractivity contribution in [1.82, 2.24) is 0 Å². The molecule has 0 unspecified atom stereocenters. The lowest BCUT2D eigenvalue weighted by molar-refractivity contribution is 2.34. The Balaban J connectivity index is 0. The van der Waals surface area contributed by atoms with Crippen LogP contribution in [0.15, 0.2) is 0 Å². The van der Waals surface area contributed by atoms with Crippen molar-refractivity contribution in [2.75, 3.05) is 25.0 Å². The van der Waals surface area contributed by atoms with Crippen LogP contribution < -0.4 is 0 Å². The molecule has 0 aromatic rings. The van der Waals surface area contributed by atoms with E-state index in [0.29, 0.717) is 10.5 Å². The minimum Gasteiger partial charge on any atom is -0.220 e. The highest BCUT2D eigenvalue weighted by molar-refractivity contribution is 8.26. The molecular formula is C7H18S2. The molecular weight excluding hydrogens is 148 g/mol. The largest absolute Gasteiger partial charge is 0.220 e. The average molecular weight is 166 g/mol. The lowest BCUT2D eigenvalue weighted by Crippen LogP contribution is -1.58. The van der Waals surface area contributed by atoms with Crippen LogP contribution in [-0.2, 0) is 0 Å². The fourth-order valence-corrected chi connectivity index (χ4v) is 0. The molecule has 0 aromatic heterocycles. The Morgan fingerprint density at radius 3 is 1.11 bits per heavy atom. The van der Waals surface area contributed by atoms with E-state index in [-0.39, 0.29) is 0 Å². The van der Waals surface area contributed by atoms with Gasteiger partial charge < -0.3 is 0 Å². The molecule has 0 rings (SSSR count). The van der Waals surface area contributed by atoms with Crippen molar-refractivity contribution in [3.63, 3.8) is 0 Å². The Hall–Kier alpha value is 0.310. The zero-order valence-electron chi connectivity index (χ0n) is 6.94. The van der Waals surface area contributed by atoms with Crippen LogP contribution in [0.1, 0.15) is 0 Å². The summed E-state index contributed by atoms with van der Waals surface area (Å²) >= 11 is 0. The van der Waals surface area contributed by atoms with Crippen LogP contribution >= 0.6 is 19.7 Å². The summed E-state index contributed by atoms with van der Waals surface area (Å²) < 4.78 is 0. The molecule has 0 amide bonds. The monoisotopic (exact) mass is 166 g/mol. The smallest absolute Gasteiger partial charge is 0.0242 e. The molecule has 0 heterocycles. The molecule has 0 radical (unpaired) electrons. The summed E-state index contributed by atoms with van der Waals surface area (Å²) in [6, 6.07) is 0. The van der Waals surface area contributed by atoms with Gasteiger partial charge in [-0.15, -0.1) is 0 Å². The van der Waals surface area contributed by atoms with E-state index in [9.17, 15) is 0 Å². The molecule has 0 fully saturated rings. The van der Waals surface area contributed by atoms with E-state index in [1.165, 1.54) is 0 Å². The Bertz CT molecular complexity index is 149. The molecule has 0 aliphatic heterocycles. The van der Waals surface area contributed by atoms with Gasteiger partial charge in [0.2, 0.25) is 0 Å². The molecule has 2 heteroatoms. The summed E-state index contributed by atoms with van der Waals surface area (Å²) in [6.07, 6.45) is 8.26. The fraction of sp³-hybridized carbons (Fsp3) is 0.571. The van der Waals surface area contributed by atoms with Crippen LogP contribution in [0.3, 0.4) is 0 Å². The third kappa shape index (κ3) is 3440. The van der Waals surface area contributed by atoms with Crippen molar-refractivity contribution >= 4 is 37.3 Å². The van der Waals surface area contributed by atoms with E-state index >= 15 is 0 Å². The Morgan fingerprint density at radius 2 is 1.11 bits per heavy atom. The third-order valence-electron chi connectivity index (χ3n) is 0. The molecule has 0 aliphatic carbocycles. The third-order valence-corrected chi connectivity index (χ3v) is 0. The van der Waals surface area contributed by atoms with E-state index < -0.39 is 9.21 Å². The lowest BCUT2D eigenvalue weighted by Gasteiger charge is -1.87. The van der Waals surface area contributed by atoms with Gasteiger partial charge in [-0.05, 0) is 25.0 Å². The standard InChI is InChI=1S/C4H10S.C3H8S/c1-5(2,3)4;1-4(2)3/h1-2H2,3-4H3;1H2,2-3H3. The van der Waals surface area contributed by atoms with Gasteiger partial charge in [-0.2, -0.15) is 10.5 Å². The highest BCUT2D eigenvalue weighted by atomic mass is 32.2. The number of hydrogen-bond acceptors (Lipinski definition) is 0. The van der Waals surface area contributed by atoms with Crippen LogP contribution in [0, 0.1) is 0 Å². The first-order valence-corrected chi connectivity index (χ1v) is 7.50. The predicted molar refractivity (Wildman–Crippen MR) is 60.2 cm³/mol. The van der Waals surface area contributed by atoms with Crippen molar-refractivity contribution in [2.24, 2.45) is 0 Å². The zero-order valence-corrected chi connectivity index (χ0v) is 8.57. The first-order valence-electron chi connectivity index (χ1n) is 2.50. The van der Waals surface area contributed by atoms with Crippen molar-refractivity contribution < 1.29 is 0 Å². The van der Waals surface area contributed by atoms with Crippen LogP contribution in [0.2, 0.25) is 0 Å². The van der Waals surface area contributed by atoms with Gasteiger partial charge in [-0.3, -0.25) is 0 Å². The summed E-state index contributed by atoms with van der Waals surface area (Å²) in [5.74, 6) is 11.2. The van der Waals surface area contributed by atoms with Crippen molar-refractivity contribution in [3.05, 3.63) is 0 Å². The minimum atomic E-state index is -0.667. The van der Waals surface area contributed by atoms with Gasteiger partial charge in [0.05, 0.1) is 0 Å². The number of hydrogen-bond donors (Lipinski definition) is 0. The van der Waals surface area contributed by atoms with E-state index in [1.807, 2.05) is 12.5 Å². The molecule has 0 saturated carbocycles. The maximum Gasteiger partial charge on any atom is -0.0242 e. The summed E-state index contributed by atoms with van der Waals surface area (Å²) in [6.45, 7) is 0. The maximum atomic E-state index is 3.74. The maximum absolute atomic E-state index is 3.74. The van der Waals surface area contributed by atoms with Crippen molar-refractivity contribution in [3.8, 4) is 0 Å². The van der Waals surface area contributed by atoms with Crippen LogP contribution in [0.25, 0.3) is 0 Å². The second-order valence-electron chi connectivity index (χ2n) is 2.75. The normalized spacial score (nSPS) is 10.3. The lowest BCUT2D eigenvalue weighted by atomic mass is 11.9. The van der Waals surface area contributed by atoms with Crippen molar-refractivity contribution in [2.45, 2.75) is 0 Å². The van der Waals surface area contributed by atoms with Crippen LogP contribution in [-0.4, -0.2) is 42.6 Å². The highest BCUT2D eigenvalue weighted by Crippen LogP contribution is 2.00. The molecule has 0 nitrogen and oxygen atoms in total. The van der Waals surface area contributed by atoms with Gasteiger partial charge in [-0.1, -0.05) is 17.6 Å². The molecule has 0 saturated heterocycles. The zero-order chi connectivity index (χ0) is 8.08. The SMILES string of the molecule is C=S(=C)(C)C.C=S(C)C. The Kier molecular flexibility index (Phi) is 6.85. The fourth-order valence-electron chi connectivity index (χ4n) is 0. The van der Waals surface area contributed by atoms with Gasteiger partial charge in [0.15, 0.2) is 0 Å². The van der Waals surface area contributed by atoms with E-state index in [4.69, 9.17) is 0 Å². The molecule has 58 valence electrons. The quantitative estimate of drug-likeness (QED) is 0.482. The molecule has 0 aromatic carbocycles. The van der Waals surface area contributed by atoms with E-state index in [1.54, 1.807) is 0 Å². The molecule has 0 spiro atoms. The molecule has 0 N–H and O–H groups in total. The summed E-state index contributed by atoms with van der Waals surface area (Å²) in [4.78, 5) is 0. The average Bonchev–Trinajstić information content (AvgIpc) is 1.19. The second kappa shape index (κ2) is 5.12. The summed E-state index contributed by atoms with van der Waals surface area (Å²) in [7, 11) is -0.278. The van der Waals surface area contributed by atoms with E-state index in [0.717, 1.165) is 0 Å². The van der Waals surface area contributed by atoms with E-state index in [2.05, 4.69) is 30.1 Å². The number of rotatable bonds is 0. The topological polar surface area (TPSA) is 0 Å². The second-order valence-corrected chi connectivity index (χ2v) is 8.26. The Labute approximate surface area is 62.7 Å². The first kappa shape index (κ1) is 12.0. The molecule has 0 bridgehead atoms. The van der Waals surface area contributed by atoms with Crippen LogP contribution in [0.4, 0.5) is 0 Å². The molecule has 0 atom stereocenters. The summed E-state index contributed by atoms with van der Waals surface area (Å²) in [5, 5.41) is 0. The van der Waals surface area contributed by atoms with Gasteiger partial charge >= 0.3 is 0 Å². The minimum absolute atomic E-state index is 0.389. The predicted octanol–water partition coefficient (Wildman–Crippen LogP) is 1.86. The van der Waals surface area contributed by atoms with Gasteiger partial charge in [-0.25, -0.2) is 9.21 Å². The molecule has 0 aliphatic rings. The van der Waals surface area contributed by atoms with Crippen LogP contribution in [0.5, 0.6) is 0 Å². The highest BCUT2D eigenvalue weighted by Gasteiger charge is 1.60. The van der Waals surface area contributed by atoms with Gasteiger partial charge in [0.1, 0.15) is 0 Å². The van der Waals surface area contributed by atoms with Gasteiger partial charge in [0, 0.05) is 0 Å². The van der Waals surface area contributed by atoms with Gasteiger partial charge in [0.25, 0.3) is 0 Å². The molecule has 9 heavy (non-hydrogen) atoms. The first-order chi connectivity index (χ1) is 3.73. The van der Waals surface area contributed by atoms with Crippen molar-refractivity contribution in [1.29, 1.82) is 0 Å². The summed E-state index contributed by atoms with van der Waals surface area (Å²) in [5.41, 5.74) is 0. The Morgan fingerprint density at radius 1 is 1.11 bits per heavy atom.